The van der Waals surface area contributed by atoms with Crippen LogP contribution in [0.5, 0.6) is 0 Å². The Kier molecular flexibility index (Phi) is 3.42. The molecule has 5 heteroatoms. The van der Waals surface area contributed by atoms with E-state index in [9.17, 15) is 4.79 Å². The first-order chi connectivity index (χ1) is 9.89. The monoisotopic (exact) mass is 291 g/mol. The highest BCUT2D eigenvalue weighted by atomic mass is 16.7. The number of anilines is 1. The molecule has 0 saturated carbocycles. The van der Waals surface area contributed by atoms with E-state index in [-0.39, 0.29) is 30.0 Å². The second kappa shape index (κ2) is 5.00. The Morgan fingerprint density at radius 2 is 1.86 bits per heavy atom. The number of carbonyl (C=O) groups excluding carboxylic acids is 1. The van der Waals surface area contributed by atoms with E-state index in [0.29, 0.717) is 0 Å². The highest BCUT2D eigenvalue weighted by Gasteiger charge is 2.60. The van der Waals surface area contributed by atoms with E-state index in [2.05, 4.69) is 19.2 Å². The van der Waals surface area contributed by atoms with Crippen molar-refractivity contribution in [2.24, 2.45) is 0 Å². The molecule has 3 atom stereocenters. The van der Waals surface area contributed by atoms with Gasteiger partial charge in [0.25, 0.3) is 0 Å². The van der Waals surface area contributed by atoms with Crippen LogP contribution >= 0.6 is 0 Å². The van der Waals surface area contributed by atoms with E-state index in [1.54, 1.807) is 0 Å². The van der Waals surface area contributed by atoms with Gasteiger partial charge in [0.2, 0.25) is 0 Å². The molecule has 2 saturated heterocycles. The van der Waals surface area contributed by atoms with Crippen molar-refractivity contribution in [3.05, 3.63) is 30.3 Å². The summed E-state index contributed by atoms with van der Waals surface area (Å²) in [5, 5.41) is 2.68. The highest BCUT2D eigenvalue weighted by molar-refractivity contribution is 5.84. The number of nitrogens with one attached hydrogen (secondary N) is 1. The lowest BCUT2D eigenvalue weighted by atomic mass is 9.97. The molecule has 0 aromatic heterocycles. The summed E-state index contributed by atoms with van der Waals surface area (Å²) in [5.74, 6) is 0. The van der Waals surface area contributed by atoms with Gasteiger partial charge >= 0.3 is 6.09 Å². The van der Waals surface area contributed by atoms with E-state index in [1.165, 1.54) is 0 Å². The molecule has 0 radical (unpaired) electrons. The number of para-hydroxylation sites is 1. The first-order valence-corrected chi connectivity index (χ1v) is 7.23. The molecule has 0 aliphatic carbocycles. The number of rotatable bonds is 5. The van der Waals surface area contributed by atoms with Gasteiger partial charge in [0.05, 0.1) is 17.3 Å². The molecule has 21 heavy (non-hydrogen) atoms. The zero-order chi connectivity index (χ0) is 15.1. The van der Waals surface area contributed by atoms with Gasteiger partial charge in [0, 0.05) is 12.1 Å². The summed E-state index contributed by atoms with van der Waals surface area (Å²) < 4.78 is 16.4. The third-order valence-corrected chi connectivity index (χ3v) is 4.18. The first kappa shape index (κ1) is 14.4. The number of benzene rings is 1. The van der Waals surface area contributed by atoms with E-state index in [0.717, 1.165) is 12.1 Å². The SMILES string of the molecule is CC1(C)O[C@@H]1C[C@@]1(C)O[C@@H]1COC(=O)Nc1ccccc1. The molecular weight excluding hydrogens is 270 g/mol. The molecule has 5 nitrogen and oxygen atoms in total. The minimum absolute atomic E-state index is 0.0367. The third-order valence-electron chi connectivity index (χ3n) is 4.18. The third kappa shape index (κ3) is 3.36. The lowest BCUT2D eigenvalue weighted by molar-refractivity contribution is 0.150. The summed E-state index contributed by atoms with van der Waals surface area (Å²) in [6.45, 7) is 6.45. The van der Waals surface area contributed by atoms with Gasteiger partial charge in [0.1, 0.15) is 12.7 Å². The van der Waals surface area contributed by atoms with E-state index in [4.69, 9.17) is 14.2 Å². The lowest BCUT2D eigenvalue weighted by Crippen LogP contribution is -2.22. The van der Waals surface area contributed by atoms with Crippen LogP contribution in [-0.2, 0) is 14.2 Å². The molecule has 0 unspecified atom stereocenters. The molecule has 2 aliphatic heterocycles. The molecule has 0 bridgehead atoms. The Bertz CT molecular complexity index is 530. The predicted molar refractivity (Wildman–Crippen MR) is 78.3 cm³/mol. The Labute approximate surface area is 124 Å². The number of ether oxygens (including phenoxy) is 3. The number of hydrogen-bond donors (Lipinski definition) is 1. The van der Waals surface area contributed by atoms with Crippen molar-refractivity contribution in [3.8, 4) is 0 Å². The Balaban J connectivity index is 1.39. The molecule has 114 valence electrons. The second-order valence-corrected chi connectivity index (χ2v) is 6.42. The molecule has 2 aliphatic rings. The number of carbonyl (C=O) groups is 1. The maximum absolute atomic E-state index is 11.7. The van der Waals surface area contributed by atoms with Crippen molar-refractivity contribution in [2.45, 2.75) is 50.6 Å². The van der Waals surface area contributed by atoms with Crippen LogP contribution in [0, 0.1) is 0 Å². The van der Waals surface area contributed by atoms with Gasteiger partial charge in [-0.3, -0.25) is 5.32 Å². The Morgan fingerprint density at radius 3 is 2.48 bits per heavy atom. The number of amides is 1. The van der Waals surface area contributed by atoms with Crippen molar-refractivity contribution in [2.75, 3.05) is 11.9 Å². The van der Waals surface area contributed by atoms with Gasteiger partial charge < -0.3 is 14.2 Å². The van der Waals surface area contributed by atoms with Crippen LogP contribution in [-0.4, -0.2) is 36.1 Å². The summed E-state index contributed by atoms with van der Waals surface area (Å²) in [7, 11) is 0. The fourth-order valence-corrected chi connectivity index (χ4v) is 2.50. The Hall–Kier alpha value is -1.59. The molecule has 2 heterocycles. The topological polar surface area (TPSA) is 63.4 Å². The van der Waals surface area contributed by atoms with Gasteiger partial charge in [-0.15, -0.1) is 0 Å². The summed E-state index contributed by atoms with van der Waals surface area (Å²) in [6, 6.07) is 9.22. The van der Waals surface area contributed by atoms with Gasteiger partial charge in [-0.05, 0) is 32.9 Å². The molecule has 1 N–H and O–H groups in total. The molecule has 3 rings (SSSR count). The summed E-state index contributed by atoms with van der Waals surface area (Å²) in [6.07, 6.45) is 0.584. The maximum atomic E-state index is 11.7. The van der Waals surface area contributed by atoms with E-state index >= 15 is 0 Å². The van der Waals surface area contributed by atoms with Crippen LogP contribution in [0.1, 0.15) is 27.2 Å². The van der Waals surface area contributed by atoms with Crippen LogP contribution < -0.4 is 5.32 Å². The van der Waals surface area contributed by atoms with Crippen molar-refractivity contribution < 1.29 is 19.0 Å². The predicted octanol–water partition coefficient (Wildman–Crippen LogP) is 2.96. The van der Waals surface area contributed by atoms with Crippen molar-refractivity contribution >= 4 is 11.8 Å². The van der Waals surface area contributed by atoms with Crippen molar-refractivity contribution in [1.29, 1.82) is 0 Å². The highest BCUT2D eigenvalue weighted by Crippen LogP contribution is 2.48. The molecule has 1 amide bonds. The Morgan fingerprint density at radius 1 is 1.19 bits per heavy atom. The quantitative estimate of drug-likeness (QED) is 0.847. The van der Waals surface area contributed by atoms with Crippen LogP contribution in [0.25, 0.3) is 0 Å². The van der Waals surface area contributed by atoms with Gasteiger partial charge in [-0.1, -0.05) is 18.2 Å². The first-order valence-electron chi connectivity index (χ1n) is 7.23. The van der Waals surface area contributed by atoms with Crippen molar-refractivity contribution in [3.63, 3.8) is 0 Å². The van der Waals surface area contributed by atoms with Crippen LogP contribution in [0.4, 0.5) is 10.5 Å². The molecule has 1 aromatic rings. The summed E-state index contributed by atoms with van der Waals surface area (Å²) in [5.41, 5.74) is 0.450. The second-order valence-electron chi connectivity index (χ2n) is 6.42. The zero-order valence-corrected chi connectivity index (χ0v) is 12.6. The van der Waals surface area contributed by atoms with Crippen LogP contribution in [0.3, 0.4) is 0 Å². The standard InChI is InChI=1S/C16H21NO4/c1-15(2)12(20-15)9-16(3)13(21-16)10-19-14(18)17-11-7-5-4-6-8-11/h4-8,12-13H,9-10H2,1-3H3,(H,17,18)/t12-,13-,16-/m1/s1. The lowest BCUT2D eigenvalue weighted by Gasteiger charge is -2.07. The summed E-state index contributed by atoms with van der Waals surface area (Å²) >= 11 is 0. The van der Waals surface area contributed by atoms with Gasteiger partial charge in [0.15, 0.2) is 0 Å². The average Bonchev–Trinajstić information content (AvgIpc) is 3.25. The number of epoxide rings is 2. The van der Waals surface area contributed by atoms with Crippen LogP contribution in [0.2, 0.25) is 0 Å². The molecule has 0 spiro atoms. The minimum Gasteiger partial charge on any atom is -0.446 e. The maximum Gasteiger partial charge on any atom is 0.411 e. The smallest absolute Gasteiger partial charge is 0.411 e. The molecule has 1 aromatic carbocycles. The summed E-state index contributed by atoms with van der Waals surface area (Å²) in [4.78, 5) is 11.7. The molecule has 2 fully saturated rings. The fraction of sp³-hybridized carbons (Fsp3) is 0.562. The van der Waals surface area contributed by atoms with Gasteiger partial charge in [-0.2, -0.15) is 0 Å². The van der Waals surface area contributed by atoms with E-state index < -0.39 is 6.09 Å². The fourth-order valence-electron chi connectivity index (χ4n) is 2.50. The van der Waals surface area contributed by atoms with Crippen LogP contribution in [0.15, 0.2) is 30.3 Å². The minimum atomic E-state index is -0.456. The van der Waals surface area contributed by atoms with Gasteiger partial charge in [-0.25, -0.2) is 4.79 Å². The largest absolute Gasteiger partial charge is 0.446 e. The van der Waals surface area contributed by atoms with Crippen molar-refractivity contribution in [1.82, 2.24) is 0 Å². The zero-order valence-electron chi connectivity index (χ0n) is 12.6. The average molecular weight is 291 g/mol. The van der Waals surface area contributed by atoms with E-state index in [1.807, 2.05) is 37.3 Å². The molecular formula is C16H21NO4. The number of hydrogen-bond acceptors (Lipinski definition) is 4. The normalized spacial score (nSPS) is 32.3.